The van der Waals surface area contributed by atoms with Gasteiger partial charge in [0.2, 0.25) is 0 Å². The van der Waals surface area contributed by atoms with Crippen molar-refractivity contribution in [3.05, 3.63) is 0 Å². The molecule has 0 bridgehead atoms. The molecule has 3 heteroatoms. The largest absolute Gasteiger partial charge is 0.338 e. The van der Waals surface area contributed by atoms with Gasteiger partial charge in [0.15, 0.2) is 0 Å². The Labute approximate surface area is 113 Å². The maximum absolute atomic E-state index is 11.7. The van der Waals surface area contributed by atoms with Crippen molar-refractivity contribution in [2.75, 3.05) is 19.6 Å². The van der Waals surface area contributed by atoms with E-state index >= 15 is 0 Å². The first-order chi connectivity index (χ1) is 8.15. The normalized spacial score (nSPS) is 12.4. The zero-order valence-electron chi connectivity index (χ0n) is 13.4. The predicted octanol–water partition coefficient (Wildman–Crippen LogP) is 3.89. The Bertz CT molecular complexity index is 250. The van der Waals surface area contributed by atoms with Gasteiger partial charge in [-0.1, -0.05) is 34.6 Å². The van der Waals surface area contributed by atoms with Gasteiger partial charge in [-0.25, -0.2) is 4.79 Å². The molecule has 0 aromatic rings. The molecule has 3 nitrogen and oxygen atoms in total. The van der Waals surface area contributed by atoms with Gasteiger partial charge in [0.25, 0.3) is 0 Å². The number of carbonyl (C=O) groups excluding carboxylic acids is 1. The Kier molecular flexibility index (Phi) is 6.72. The zero-order chi connectivity index (χ0) is 14.4. The van der Waals surface area contributed by atoms with Crippen molar-refractivity contribution in [1.82, 2.24) is 10.2 Å². The highest BCUT2D eigenvalue weighted by Gasteiger charge is 2.31. The zero-order valence-corrected chi connectivity index (χ0v) is 13.4. The van der Waals surface area contributed by atoms with Crippen LogP contribution in [0.4, 0.5) is 4.79 Å². The lowest BCUT2D eigenvalue weighted by Gasteiger charge is -2.39. The summed E-state index contributed by atoms with van der Waals surface area (Å²) < 4.78 is 0. The highest BCUT2D eigenvalue weighted by atomic mass is 16.2. The molecule has 0 unspecified atom stereocenters. The molecule has 0 aliphatic heterocycles. The minimum atomic E-state index is 0.0635. The Morgan fingerprint density at radius 3 is 1.94 bits per heavy atom. The molecule has 1 N–H and O–H groups in total. The Hall–Kier alpha value is -0.730. The van der Waals surface area contributed by atoms with Crippen LogP contribution >= 0.6 is 0 Å². The van der Waals surface area contributed by atoms with Gasteiger partial charge in [0.05, 0.1) is 0 Å². The Balaban J connectivity index is 3.98. The van der Waals surface area contributed by atoms with Crippen LogP contribution < -0.4 is 5.32 Å². The lowest BCUT2D eigenvalue weighted by atomic mass is 9.67. The number of amides is 2. The molecule has 0 radical (unpaired) electrons. The molecule has 108 valence electrons. The molecule has 2 amide bonds. The fourth-order valence-electron chi connectivity index (χ4n) is 1.72. The van der Waals surface area contributed by atoms with Crippen molar-refractivity contribution in [3.8, 4) is 0 Å². The number of urea groups is 1. The summed E-state index contributed by atoms with van der Waals surface area (Å²) in [5.74, 6) is 0. The smallest absolute Gasteiger partial charge is 0.317 e. The summed E-state index contributed by atoms with van der Waals surface area (Å²) in [6.45, 7) is 17.8. The van der Waals surface area contributed by atoms with Crippen LogP contribution in [0.25, 0.3) is 0 Å². The van der Waals surface area contributed by atoms with Crippen LogP contribution in [0, 0.1) is 10.8 Å². The lowest BCUT2D eigenvalue weighted by molar-refractivity contribution is 0.116. The average Bonchev–Trinajstić information content (AvgIpc) is 2.24. The van der Waals surface area contributed by atoms with E-state index in [1.165, 1.54) is 0 Å². The molecular weight excluding hydrogens is 224 g/mol. The van der Waals surface area contributed by atoms with Crippen molar-refractivity contribution in [3.63, 3.8) is 0 Å². The van der Waals surface area contributed by atoms with Gasteiger partial charge in [0.1, 0.15) is 0 Å². The molecular formula is C15H32N2O. The van der Waals surface area contributed by atoms with E-state index in [9.17, 15) is 4.79 Å². The van der Waals surface area contributed by atoms with E-state index in [4.69, 9.17) is 0 Å². The Morgan fingerprint density at radius 1 is 1.06 bits per heavy atom. The average molecular weight is 256 g/mol. The van der Waals surface area contributed by atoms with Gasteiger partial charge < -0.3 is 10.2 Å². The van der Waals surface area contributed by atoms with Crippen molar-refractivity contribution in [2.45, 2.75) is 61.3 Å². The molecule has 0 fully saturated rings. The van der Waals surface area contributed by atoms with E-state index in [2.05, 4.69) is 39.9 Å². The summed E-state index contributed by atoms with van der Waals surface area (Å²) in [5.41, 5.74) is 0.600. The van der Waals surface area contributed by atoms with E-state index < -0.39 is 0 Å². The second kappa shape index (κ2) is 7.01. The van der Waals surface area contributed by atoms with Gasteiger partial charge in [-0.2, -0.15) is 0 Å². The fraction of sp³-hybridized carbons (Fsp3) is 0.933. The summed E-state index contributed by atoms with van der Waals surface area (Å²) in [7, 11) is 0. The van der Waals surface area contributed by atoms with E-state index in [0.717, 1.165) is 32.5 Å². The maximum atomic E-state index is 11.7. The molecule has 0 saturated heterocycles. The van der Waals surface area contributed by atoms with Gasteiger partial charge in [-0.3, -0.25) is 0 Å². The van der Waals surface area contributed by atoms with E-state index in [0.29, 0.717) is 10.8 Å². The third kappa shape index (κ3) is 5.28. The lowest BCUT2D eigenvalue weighted by Crippen LogP contribution is -2.40. The molecule has 0 saturated carbocycles. The van der Waals surface area contributed by atoms with Crippen LogP contribution in [0.3, 0.4) is 0 Å². The third-order valence-corrected chi connectivity index (χ3v) is 4.34. The van der Waals surface area contributed by atoms with Gasteiger partial charge in [-0.15, -0.1) is 0 Å². The molecule has 0 aromatic carbocycles. The van der Waals surface area contributed by atoms with Crippen molar-refractivity contribution >= 4 is 6.03 Å². The van der Waals surface area contributed by atoms with Crippen LogP contribution in [0.5, 0.6) is 0 Å². The molecule has 0 aliphatic rings. The number of hydrogen-bond donors (Lipinski definition) is 1. The minimum absolute atomic E-state index is 0.0635. The molecule has 0 spiro atoms. The molecule has 0 heterocycles. The topological polar surface area (TPSA) is 32.3 Å². The SMILES string of the molecule is CCN(CC)C(=O)NCCCC(C)(C)C(C)(C)C. The highest BCUT2D eigenvalue weighted by molar-refractivity contribution is 5.73. The minimum Gasteiger partial charge on any atom is -0.338 e. The molecule has 18 heavy (non-hydrogen) atoms. The number of nitrogens with one attached hydrogen (secondary N) is 1. The summed E-state index contributed by atoms with van der Waals surface area (Å²) in [5, 5.41) is 3.00. The number of carbonyl (C=O) groups is 1. The predicted molar refractivity (Wildman–Crippen MR) is 78.8 cm³/mol. The van der Waals surface area contributed by atoms with E-state index in [1.54, 1.807) is 0 Å². The molecule has 0 aromatic heterocycles. The fourth-order valence-corrected chi connectivity index (χ4v) is 1.72. The maximum Gasteiger partial charge on any atom is 0.317 e. The van der Waals surface area contributed by atoms with Gasteiger partial charge in [0, 0.05) is 19.6 Å². The van der Waals surface area contributed by atoms with Crippen molar-refractivity contribution < 1.29 is 4.79 Å². The Morgan fingerprint density at radius 2 is 1.56 bits per heavy atom. The van der Waals surface area contributed by atoms with Gasteiger partial charge >= 0.3 is 6.03 Å². The summed E-state index contributed by atoms with van der Waals surface area (Å²) in [6, 6.07) is 0.0635. The second-order valence-corrected chi connectivity index (χ2v) is 6.64. The third-order valence-electron chi connectivity index (χ3n) is 4.34. The highest BCUT2D eigenvalue weighted by Crippen LogP contribution is 2.41. The van der Waals surface area contributed by atoms with Crippen molar-refractivity contribution in [1.29, 1.82) is 0 Å². The van der Waals surface area contributed by atoms with E-state index in [1.807, 2.05) is 18.7 Å². The molecule has 0 atom stereocenters. The number of rotatable bonds is 6. The van der Waals surface area contributed by atoms with Crippen LogP contribution in [0.15, 0.2) is 0 Å². The first-order valence-electron chi connectivity index (χ1n) is 7.18. The molecule has 0 aliphatic carbocycles. The molecule has 0 rings (SSSR count). The van der Waals surface area contributed by atoms with Crippen LogP contribution in [-0.4, -0.2) is 30.6 Å². The van der Waals surface area contributed by atoms with Crippen LogP contribution in [0.2, 0.25) is 0 Å². The van der Waals surface area contributed by atoms with Crippen LogP contribution in [-0.2, 0) is 0 Å². The second-order valence-electron chi connectivity index (χ2n) is 6.64. The van der Waals surface area contributed by atoms with Crippen molar-refractivity contribution in [2.24, 2.45) is 10.8 Å². The van der Waals surface area contributed by atoms with Crippen LogP contribution in [0.1, 0.15) is 61.3 Å². The van der Waals surface area contributed by atoms with E-state index in [-0.39, 0.29) is 6.03 Å². The summed E-state index contributed by atoms with van der Waals surface area (Å²) >= 11 is 0. The monoisotopic (exact) mass is 256 g/mol. The number of hydrogen-bond acceptors (Lipinski definition) is 1. The summed E-state index contributed by atoms with van der Waals surface area (Å²) in [4.78, 5) is 13.6. The standard InChI is InChI=1S/C15H32N2O/c1-8-17(9-2)13(18)16-12-10-11-15(6,7)14(3,4)5/h8-12H2,1-7H3,(H,16,18). The quantitative estimate of drug-likeness (QED) is 0.718. The number of nitrogens with zero attached hydrogens (tertiary/aromatic N) is 1. The summed E-state index contributed by atoms with van der Waals surface area (Å²) in [6.07, 6.45) is 2.17. The first kappa shape index (κ1) is 17.3. The first-order valence-corrected chi connectivity index (χ1v) is 7.18. The van der Waals surface area contributed by atoms with Gasteiger partial charge in [-0.05, 0) is 37.5 Å².